The van der Waals surface area contributed by atoms with E-state index in [2.05, 4.69) is 6.58 Å². The highest BCUT2D eigenvalue weighted by Crippen LogP contribution is 2.44. The predicted octanol–water partition coefficient (Wildman–Crippen LogP) is 3.72. The number of anilines is 1. The number of amides is 1. The zero-order valence-corrected chi connectivity index (χ0v) is 12.2. The van der Waals surface area contributed by atoms with Crippen LogP contribution in [0.2, 0.25) is 0 Å². The Morgan fingerprint density at radius 1 is 1.14 bits per heavy atom. The summed E-state index contributed by atoms with van der Waals surface area (Å²) in [6.07, 6.45) is 1.65. The van der Waals surface area contributed by atoms with Crippen molar-refractivity contribution in [1.82, 2.24) is 0 Å². The Balaban J connectivity index is 1.95. The lowest BCUT2D eigenvalue weighted by Crippen LogP contribution is -2.54. The molecule has 0 aliphatic carbocycles. The van der Waals surface area contributed by atoms with Crippen LogP contribution >= 0.6 is 0 Å². The van der Waals surface area contributed by atoms with Crippen LogP contribution in [-0.4, -0.2) is 13.0 Å². The van der Waals surface area contributed by atoms with E-state index < -0.39 is 0 Å². The van der Waals surface area contributed by atoms with Gasteiger partial charge in [0.05, 0.1) is 19.1 Å². The van der Waals surface area contributed by atoms with Gasteiger partial charge in [0.15, 0.2) is 0 Å². The third-order valence-electron chi connectivity index (χ3n) is 3.96. The summed E-state index contributed by atoms with van der Waals surface area (Å²) in [6.45, 7) is 3.74. The molecule has 2 aromatic rings. The average molecular weight is 297 g/mol. The van der Waals surface area contributed by atoms with Crippen LogP contribution in [-0.2, 0) is 4.79 Å². The van der Waals surface area contributed by atoms with Crippen molar-refractivity contribution in [2.24, 2.45) is 5.92 Å². The molecule has 1 amide bonds. The first-order valence-corrected chi connectivity index (χ1v) is 7.01. The Morgan fingerprint density at radius 2 is 1.77 bits per heavy atom. The summed E-state index contributed by atoms with van der Waals surface area (Å²) in [5, 5.41) is 0. The van der Waals surface area contributed by atoms with Gasteiger partial charge in [0.1, 0.15) is 11.6 Å². The monoisotopic (exact) mass is 297 g/mol. The number of halogens is 1. The van der Waals surface area contributed by atoms with Gasteiger partial charge < -0.3 is 9.64 Å². The molecule has 0 spiro atoms. The number of nitrogens with zero attached hydrogens (tertiary/aromatic N) is 1. The number of hydrogen-bond acceptors (Lipinski definition) is 2. The van der Waals surface area contributed by atoms with Crippen LogP contribution in [0.1, 0.15) is 11.6 Å². The Kier molecular flexibility index (Phi) is 3.67. The SMILES string of the molecule is C=C[C@H]1C(=O)N(c2ccc(OC)cc2)[C@@H]1c1ccc(F)cc1. The number of β-lactam (4-membered cyclic amide) rings is 1. The van der Waals surface area contributed by atoms with Crippen molar-refractivity contribution in [2.75, 3.05) is 12.0 Å². The molecule has 112 valence electrons. The zero-order chi connectivity index (χ0) is 15.7. The smallest absolute Gasteiger partial charge is 0.236 e. The lowest BCUT2D eigenvalue weighted by molar-refractivity contribution is -0.128. The topological polar surface area (TPSA) is 29.5 Å². The van der Waals surface area contributed by atoms with Crippen LogP contribution in [0.3, 0.4) is 0 Å². The van der Waals surface area contributed by atoms with E-state index in [1.54, 1.807) is 30.2 Å². The van der Waals surface area contributed by atoms with E-state index in [0.29, 0.717) is 0 Å². The second kappa shape index (κ2) is 5.64. The average Bonchev–Trinajstić information content (AvgIpc) is 2.55. The summed E-state index contributed by atoms with van der Waals surface area (Å²) in [4.78, 5) is 14.1. The van der Waals surface area contributed by atoms with Crippen molar-refractivity contribution >= 4 is 11.6 Å². The Morgan fingerprint density at radius 3 is 2.32 bits per heavy atom. The first-order chi connectivity index (χ1) is 10.7. The molecule has 2 atom stereocenters. The van der Waals surface area contributed by atoms with E-state index in [-0.39, 0.29) is 23.7 Å². The quantitative estimate of drug-likeness (QED) is 0.636. The molecule has 3 rings (SSSR count). The number of rotatable bonds is 4. The number of benzene rings is 2. The summed E-state index contributed by atoms with van der Waals surface area (Å²) in [5.74, 6) is 0.151. The molecule has 0 radical (unpaired) electrons. The maximum atomic E-state index is 13.1. The van der Waals surface area contributed by atoms with Gasteiger partial charge >= 0.3 is 0 Å². The molecule has 4 heteroatoms. The molecule has 0 saturated carbocycles. The van der Waals surface area contributed by atoms with Gasteiger partial charge in [-0.25, -0.2) is 4.39 Å². The molecule has 22 heavy (non-hydrogen) atoms. The van der Waals surface area contributed by atoms with Gasteiger partial charge in [-0.3, -0.25) is 4.79 Å². The van der Waals surface area contributed by atoms with Crippen molar-refractivity contribution in [1.29, 1.82) is 0 Å². The van der Waals surface area contributed by atoms with Crippen LogP contribution in [0.25, 0.3) is 0 Å². The fraction of sp³-hybridized carbons (Fsp3) is 0.167. The van der Waals surface area contributed by atoms with Gasteiger partial charge in [-0.05, 0) is 42.0 Å². The second-order valence-electron chi connectivity index (χ2n) is 5.16. The molecule has 1 heterocycles. The minimum atomic E-state index is -0.291. The third kappa shape index (κ3) is 2.26. The number of carbonyl (C=O) groups excluding carboxylic acids is 1. The van der Waals surface area contributed by atoms with E-state index in [1.807, 2.05) is 24.3 Å². The first kappa shape index (κ1) is 14.3. The van der Waals surface area contributed by atoms with E-state index in [0.717, 1.165) is 17.0 Å². The van der Waals surface area contributed by atoms with E-state index in [1.165, 1.54) is 12.1 Å². The van der Waals surface area contributed by atoms with E-state index >= 15 is 0 Å². The predicted molar refractivity (Wildman–Crippen MR) is 83.3 cm³/mol. The molecule has 1 saturated heterocycles. The Bertz CT molecular complexity index is 694. The number of carbonyl (C=O) groups is 1. The molecule has 0 aromatic heterocycles. The van der Waals surface area contributed by atoms with Crippen LogP contribution in [0, 0.1) is 11.7 Å². The fourth-order valence-corrected chi connectivity index (χ4v) is 2.79. The van der Waals surface area contributed by atoms with Gasteiger partial charge in [-0.2, -0.15) is 0 Å². The van der Waals surface area contributed by atoms with Gasteiger partial charge in [0.25, 0.3) is 0 Å². The normalized spacial score (nSPS) is 20.5. The van der Waals surface area contributed by atoms with Crippen molar-refractivity contribution in [3.8, 4) is 5.75 Å². The summed E-state index contributed by atoms with van der Waals surface area (Å²) < 4.78 is 18.2. The molecule has 1 aliphatic heterocycles. The maximum absolute atomic E-state index is 13.1. The number of methoxy groups -OCH3 is 1. The highest BCUT2D eigenvalue weighted by Gasteiger charge is 2.46. The van der Waals surface area contributed by atoms with Crippen molar-refractivity contribution in [3.05, 3.63) is 72.6 Å². The molecule has 2 aromatic carbocycles. The second-order valence-corrected chi connectivity index (χ2v) is 5.16. The lowest BCUT2D eigenvalue weighted by atomic mass is 9.82. The Labute approximate surface area is 128 Å². The largest absolute Gasteiger partial charge is 0.497 e. The minimum Gasteiger partial charge on any atom is -0.497 e. The van der Waals surface area contributed by atoms with Crippen LogP contribution in [0.5, 0.6) is 5.75 Å². The molecule has 1 fully saturated rings. The summed E-state index contributed by atoms with van der Waals surface area (Å²) >= 11 is 0. The standard InChI is InChI=1S/C18H16FNO2/c1-3-16-17(12-4-6-13(19)7-5-12)20(18(16)21)14-8-10-15(22-2)11-9-14/h3-11,16-17H,1H2,2H3/t16-,17-/m1/s1. The number of hydrogen-bond donors (Lipinski definition) is 0. The summed E-state index contributed by atoms with van der Waals surface area (Å²) in [5.41, 5.74) is 1.68. The first-order valence-electron chi connectivity index (χ1n) is 7.01. The molecule has 0 N–H and O–H groups in total. The fourth-order valence-electron chi connectivity index (χ4n) is 2.79. The molecule has 0 bridgehead atoms. The van der Waals surface area contributed by atoms with Gasteiger partial charge in [0, 0.05) is 5.69 Å². The van der Waals surface area contributed by atoms with Gasteiger partial charge in [-0.1, -0.05) is 18.2 Å². The van der Waals surface area contributed by atoms with Gasteiger partial charge in [-0.15, -0.1) is 6.58 Å². The van der Waals surface area contributed by atoms with Gasteiger partial charge in [0.2, 0.25) is 5.91 Å². The zero-order valence-electron chi connectivity index (χ0n) is 12.2. The van der Waals surface area contributed by atoms with Crippen molar-refractivity contribution in [3.63, 3.8) is 0 Å². The molecule has 3 nitrogen and oxygen atoms in total. The Hall–Kier alpha value is -2.62. The molecular formula is C18H16FNO2. The maximum Gasteiger partial charge on any atom is 0.236 e. The highest BCUT2D eigenvalue weighted by molar-refractivity contribution is 6.04. The van der Waals surface area contributed by atoms with Crippen LogP contribution in [0.4, 0.5) is 10.1 Å². The molecular weight excluding hydrogens is 281 g/mol. The van der Waals surface area contributed by atoms with Crippen molar-refractivity contribution in [2.45, 2.75) is 6.04 Å². The number of ether oxygens (including phenoxy) is 1. The highest BCUT2D eigenvalue weighted by atomic mass is 19.1. The molecule has 1 aliphatic rings. The van der Waals surface area contributed by atoms with Crippen LogP contribution < -0.4 is 9.64 Å². The summed E-state index contributed by atoms with van der Waals surface area (Å²) in [7, 11) is 1.60. The van der Waals surface area contributed by atoms with Crippen LogP contribution in [0.15, 0.2) is 61.2 Å². The lowest BCUT2D eigenvalue weighted by Gasteiger charge is -2.46. The van der Waals surface area contributed by atoms with E-state index in [9.17, 15) is 9.18 Å². The molecule has 0 unspecified atom stereocenters. The van der Waals surface area contributed by atoms with Crippen molar-refractivity contribution < 1.29 is 13.9 Å². The third-order valence-corrected chi connectivity index (χ3v) is 3.96. The van der Waals surface area contributed by atoms with E-state index in [4.69, 9.17) is 4.74 Å². The summed E-state index contributed by atoms with van der Waals surface area (Å²) in [6, 6.07) is 13.4. The minimum absolute atomic E-state index is 0.00510.